The number of fused-ring (bicyclic) bond motifs is 1. The van der Waals surface area contributed by atoms with E-state index in [1.807, 2.05) is 42.6 Å². The second-order valence-electron chi connectivity index (χ2n) is 5.68. The number of hydrogen-bond donors (Lipinski definition) is 0. The minimum absolute atomic E-state index is 0.723. The smallest absolute Gasteiger partial charge is 0.177 e. The van der Waals surface area contributed by atoms with Crippen molar-refractivity contribution >= 4 is 17.0 Å². The van der Waals surface area contributed by atoms with Crippen molar-refractivity contribution in [2.75, 3.05) is 12.0 Å². The van der Waals surface area contributed by atoms with Crippen LogP contribution in [0.3, 0.4) is 0 Å². The zero-order valence-corrected chi connectivity index (χ0v) is 13.9. The van der Waals surface area contributed by atoms with Gasteiger partial charge in [-0.25, -0.2) is 9.50 Å². The van der Waals surface area contributed by atoms with E-state index < -0.39 is 0 Å². The molecular weight excluding hydrogens is 312 g/mol. The molecule has 5 nitrogen and oxygen atoms in total. The van der Waals surface area contributed by atoms with Crippen molar-refractivity contribution in [2.24, 2.45) is 0 Å². The second-order valence-corrected chi connectivity index (χ2v) is 5.68. The number of anilines is 2. The summed E-state index contributed by atoms with van der Waals surface area (Å²) in [5.74, 6) is 0.856. The van der Waals surface area contributed by atoms with E-state index in [-0.39, 0.29) is 0 Å². The average molecular weight is 330 g/mol. The quantitative estimate of drug-likeness (QED) is 0.553. The van der Waals surface area contributed by atoms with Gasteiger partial charge >= 0.3 is 0 Å². The van der Waals surface area contributed by atoms with E-state index in [0.717, 1.165) is 29.3 Å². The highest BCUT2D eigenvalue weighted by Crippen LogP contribution is 2.30. The molecule has 4 aromatic rings. The summed E-state index contributed by atoms with van der Waals surface area (Å²) in [5, 5.41) is 4.32. The molecule has 0 fully saturated rings. The Balaban J connectivity index is 1.78. The van der Waals surface area contributed by atoms with Gasteiger partial charge in [0.1, 0.15) is 5.75 Å². The molecule has 0 spiro atoms. The van der Waals surface area contributed by atoms with Crippen LogP contribution in [-0.2, 0) is 6.54 Å². The predicted molar refractivity (Wildman–Crippen MR) is 98.3 cm³/mol. The number of rotatable bonds is 5. The molecule has 2 heterocycles. The van der Waals surface area contributed by atoms with E-state index in [1.165, 1.54) is 5.56 Å². The molecule has 4 rings (SSSR count). The fourth-order valence-electron chi connectivity index (χ4n) is 2.87. The van der Waals surface area contributed by atoms with Gasteiger partial charge in [-0.2, -0.15) is 5.10 Å². The van der Waals surface area contributed by atoms with Crippen molar-refractivity contribution < 1.29 is 4.74 Å². The zero-order chi connectivity index (χ0) is 17.1. The number of benzene rings is 2. The highest BCUT2D eigenvalue weighted by molar-refractivity contribution is 5.75. The van der Waals surface area contributed by atoms with Crippen LogP contribution in [-0.4, -0.2) is 21.7 Å². The Kier molecular flexibility index (Phi) is 4.04. The van der Waals surface area contributed by atoms with Gasteiger partial charge in [0.25, 0.3) is 0 Å². The summed E-state index contributed by atoms with van der Waals surface area (Å²) in [7, 11) is 1.68. The molecule has 25 heavy (non-hydrogen) atoms. The standard InChI is InChI=1S/C20H18N4O/c1-25-18-9-7-16(8-10-18)15-23(17-5-3-2-4-6-17)19-11-12-22-24-14-13-21-20(19)24/h2-14H,15H2,1H3. The number of para-hydroxylation sites is 1. The van der Waals surface area contributed by atoms with E-state index in [1.54, 1.807) is 24.0 Å². The number of hydrogen-bond acceptors (Lipinski definition) is 4. The van der Waals surface area contributed by atoms with Crippen molar-refractivity contribution in [2.45, 2.75) is 6.54 Å². The fourth-order valence-corrected chi connectivity index (χ4v) is 2.87. The Hall–Kier alpha value is -3.34. The predicted octanol–water partition coefficient (Wildman–Crippen LogP) is 4.08. The van der Waals surface area contributed by atoms with Gasteiger partial charge in [0, 0.05) is 24.6 Å². The lowest BCUT2D eigenvalue weighted by Gasteiger charge is -2.25. The van der Waals surface area contributed by atoms with Gasteiger partial charge in [0.2, 0.25) is 0 Å². The summed E-state index contributed by atoms with van der Waals surface area (Å²) >= 11 is 0. The molecule has 2 aromatic carbocycles. The molecule has 0 saturated heterocycles. The second kappa shape index (κ2) is 6.65. The van der Waals surface area contributed by atoms with Crippen LogP contribution in [0.4, 0.5) is 11.4 Å². The van der Waals surface area contributed by atoms with Crippen molar-refractivity contribution in [3.8, 4) is 5.75 Å². The molecule has 124 valence electrons. The molecule has 0 aliphatic carbocycles. The van der Waals surface area contributed by atoms with Crippen LogP contribution in [0.1, 0.15) is 5.56 Å². The van der Waals surface area contributed by atoms with E-state index >= 15 is 0 Å². The topological polar surface area (TPSA) is 42.7 Å². The van der Waals surface area contributed by atoms with Gasteiger partial charge < -0.3 is 9.64 Å². The maximum absolute atomic E-state index is 5.26. The molecule has 0 saturated carbocycles. The van der Waals surface area contributed by atoms with E-state index in [0.29, 0.717) is 0 Å². The van der Waals surface area contributed by atoms with Crippen LogP contribution in [0.25, 0.3) is 5.65 Å². The summed E-state index contributed by atoms with van der Waals surface area (Å²) in [4.78, 5) is 6.71. The minimum Gasteiger partial charge on any atom is -0.497 e. The third kappa shape index (κ3) is 3.04. The first-order chi connectivity index (χ1) is 12.3. The Bertz CT molecular complexity index is 964. The fraction of sp³-hybridized carbons (Fsp3) is 0.100. The Morgan fingerprint density at radius 2 is 1.76 bits per heavy atom. The van der Waals surface area contributed by atoms with E-state index in [4.69, 9.17) is 4.74 Å². The summed E-state index contributed by atoms with van der Waals surface area (Å²) in [5.41, 5.74) is 4.14. The molecule has 0 radical (unpaired) electrons. The molecule has 0 aliphatic heterocycles. The highest BCUT2D eigenvalue weighted by Gasteiger charge is 2.14. The molecule has 0 amide bonds. The van der Waals surface area contributed by atoms with Gasteiger partial charge in [-0.1, -0.05) is 30.3 Å². The third-order valence-electron chi connectivity index (χ3n) is 4.13. The molecule has 0 bridgehead atoms. The summed E-state index contributed by atoms with van der Waals surface area (Å²) in [6.07, 6.45) is 5.42. The number of ether oxygens (including phenoxy) is 1. The number of imidazole rings is 1. The van der Waals surface area contributed by atoms with Crippen LogP contribution >= 0.6 is 0 Å². The number of nitrogens with zero attached hydrogens (tertiary/aromatic N) is 4. The lowest BCUT2D eigenvalue weighted by atomic mass is 10.1. The van der Waals surface area contributed by atoms with Gasteiger partial charge in [-0.3, -0.25) is 0 Å². The van der Waals surface area contributed by atoms with Gasteiger partial charge in [-0.15, -0.1) is 0 Å². The van der Waals surface area contributed by atoms with Gasteiger partial charge in [0.05, 0.1) is 19.0 Å². The summed E-state index contributed by atoms with van der Waals surface area (Å²) in [6.45, 7) is 0.723. The molecular formula is C20H18N4O. The Morgan fingerprint density at radius 1 is 0.960 bits per heavy atom. The number of aromatic nitrogens is 3. The zero-order valence-electron chi connectivity index (χ0n) is 13.9. The molecule has 0 atom stereocenters. The molecule has 5 heteroatoms. The highest BCUT2D eigenvalue weighted by atomic mass is 16.5. The van der Waals surface area contributed by atoms with Crippen LogP contribution in [0, 0.1) is 0 Å². The van der Waals surface area contributed by atoms with Crippen LogP contribution < -0.4 is 9.64 Å². The summed E-state index contributed by atoms with van der Waals surface area (Å²) in [6, 6.07) is 20.4. The summed E-state index contributed by atoms with van der Waals surface area (Å²) < 4.78 is 7.05. The molecule has 0 aliphatic rings. The van der Waals surface area contributed by atoms with Crippen LogP contribution in [0.2, 0.25) is 0 Å². The lowest BCUT2D eigenvalue weighted by Crippen LogP contribution is -2.17. The lowest BCUT2D eigenvalue weighted by molar-refractivity contribution is 0.414. The molecule has 0 unspecified atom stereocenters. The largest absolute Gasteiger partial charge is 0.497 e. The van der Waals surface area contributed by atoms with Crippen molar-refractivity contribution in [3.63, 3.8) is 0 Å². The third-order valence-corrected chi connectivity index (χ3v) is 4.13. The molecule has 0 N–H and O–H groups in total. The maximum Gasteiger partial charge on any atom is 0.177 e. The van der Waals surface area contributed by atoms with Crippen molar-refractivity contribution in [3.05, 3.63) is 84.8 Å². The maximum atomic E-state index is 5.26. The first-order valence-corrected chi connectivity index (χ1v) is 8.09. The van der Waals surface area contributed by atoms with E-state index in [2.05, 4.69) is 39.2 Å². The SMILES string of the molecule is COc1ccc(CN(c2ccccc2)c2ccnn3ccnc23)cc1. The minimum atomic E-state index is 0.723. The van der Waals surface area contributed by atoms with Crippen molar-refractivity contribution in [1.82, 2.24) is 14.6 Å². The van der Waals surface area contributed by atoms with Crippen molar-refractivity contribution in [1.29, 1.82) is 0 Å². The monoisotopic (exact) mass is 330 g/mol. The first-order valence-electron chi connectivity index (χ1n) is 8.09. The number of methoxy groups -OCH3 is 1. The van der Waals surface area contributed by atoms with Crippen LogP contribution in [0.15, 0.2) is 79.3 Å². The Morgan fingerprint density at radius 3 is 2.52 bits per heavy atom. The van der Waals surface area contributed by atoms with E-state index in [9.17, 15) is 0 Å². The molecule has 2 aromatic heterocycles. The Labute approximate surface area is 146 Å². The first kappa shape index (κ1) is 15.2. The van der Waals surface area contributed by atoms with Gasteiger partial charge in [0.15, 0.2) is 5.65 Å². The normalized spacial score (nSPS) is 10.8. The average Bonchev–Trinajstić information content (AvgIpc) is 3.16. The van der Waals surface area contributed by atoms with Crippen LogP contribution in [0.5, 0.6) is 5.75 Å². The van der Waals surface area contributed by atoms with Gasteiger partial charge in [-0.05, 0) is 35.9 Å².